The van der Waals surface area contributed by atoms with E-state index < -0.39 is 17.3 Å². The predicted octanol–water partition coefficient (Wildman–Crippen LogP) is 4.99. The van der Waals surface area contributed by atoms with Crippen LogP contribution in [0.25, 0.3) is 0 Å². The van der Waals surface area contributed by atoms with Crippen molar-refractivity contribution in [3.05, 3.63) is 112 Å². The highest BCUT2D eigenvalue weighted by atomic mass is 35.5. The number of carbonyl (C=O) groups excluding carboxylic acids is 4. The molecule has 4 bridgehead atoms. The summed E-state index contributed by atoms with van der Waals surface area (Å²) < 4.78 is 0. The molecule has 2 saturated heterocycles. The smallest absolute Gasteiger partial charge is 0.254 e. The van der Waals surface area contributed by atoms with Crippen molar-refractivity contribution in [2.75, 3.05) is 4.90 Å². The molecule has 0 radical (unpaired) electrons. The van der Waals surface area contributed by atoms with Crippen LogP contribution in [0.1, 0.15) is 40.2 Å². The lowest BCUT2D eigenvalue weighted by Gasteiger charge is -2.52. The lowest BCUT2D eigenvalue weighted by molar-refractivity contribution is -0.140. The molecule has 10 rings (SSSR count). The molecular weight excluding hydrogens is 562 g/mol. The Kier molecular flexibility index (Phi) is 4.91. The summed E-state index contributed by atoms with van der Waals surface area (Å²) in [5, 5.41) is 6.15. The molecule has 0 aromatic heterocycles. The predicted molar refractivity (Wildman–Crippen MR) is 159 cm³/mol. The molecule has 0 unspecified atom stereocenters. The zero-order valence-electron chi connectivity index (χ0n) is 23.2. The first-order chi connectivity index (χ1) is 20.8. The van der Waals surface area contributed by atoms with Gasteiger partial charge in [-0.15, -0.1) is 0 Å². The van der Waals surface area contributed by atoms with Gasteiger partial charge in [0.05, 0.1) is 34.8 Å². The topological polar surface area (TPSA) is 87.1 Å². The summed E-state index contributed by atoms with van der Waals surface area (Å²) in [4.78, 5) is 57.6. The molecule has 6 atom stereocenters. The highest BCUT2D eigenvalue weighted by Crippen LogP contribution is 2.64. The van der Waals surface area contributed by atoms with Crippen LogP contribution in [0, 0.1) is 42.4 Å². The molecule has 0 N–H and O–H groups in total. The maximum absolute atomic E-state index is 14.7. The van der Waals surface area contributed by atoms with Crippen LogP contribution in [0.3, 0.4) is 0 Å². The van der Waals surface area contributed by atoms with Gasteiger partial charge in [0.25, 0.3) is 11.8 Å². The Bertz CT molecular complexity index is 1820. The van der Waals surface area contributed by atoms with E-state index in [-0.39, 0.29) is 53.2 Å². The Hall–Kier alpha value is -4.36. The number of amides is 4. The van der Waals surface area contributed by atoms with E-state index >= 15 is 0 Å². The lowest BCUT2D eigenvalue weighted by atomic mass is 9.47. The molecule has 8 heteroatoms. The van der Waals surface area contributed by atoms with Crippen molar-refractivity contribution in [3.8, 4) is 0 Å². The molecule has 43 heavy (non-hydrogen) atoms. The summed E-state index contributed by atoms with van der Waals surface area (Å²) in [6, 6.07) is 20.9. The van der Waals surface area contributed by atoms with Gasteiger partial charge in [0.2, 0.25) is 11.8 Å². The summed E-state index contributed by atoms with van der Waals surface area (Å²) >= 11 is 6.36. The first kappa shape index (κ1) is 25.2. The summed E-state index contributed by atoms with van der Waals surface area (Å²) in [5.74, 6) is -3.67. The summed E-state index contributed by atoms with van der Waals surface area (Å²) in [6.07, 6.45) is 6.56. The number of carbonyl (C=O) groups is 4. The standard InChI is InChI=1S/C35H26ClN3O4/c1-17-10-13-20(36)15-25(17)38-31(40)29-28-21-6-2-4-8-23(21)35(30(29)34(38)43,24-9-5-3-7-22(24)28)16-37-39-32(41)26-18-11-12-19(14-18)27(26)33(39)42/h2-13,15-16,18-19,26-30H,14H2,1H3/b37-16-/t18-,19-,26-,27+,28?,29+,30+,35?/m0/s1. The first-order valence-corrected chi connectivity index (χ1v) is 15.1. The Labute approximate surface area is 252 Å². The average Bonchev–Trinajstić information content (AvgIpc) is 3.76. The molecule has 7 nitrogen and oxygen atoms in total. The van der Waals surface area contributed by atoms with Gasteiger partial charge in [0.1, 0.15) is 0 Å². The lowest BCUT2D eigenvalue weighted by Crippen LogP contribution is -2.55. The van der Waals surface area contributed by atoms with E-state index in [1.807, 2.05) is 55.5 Å². The number of fused-ring (bicyclic) bond motifs is 5. The minimum atomic E-state index is -1.17. The zero-order valence-corrected chi connectivity index (χ0v) is 23.9. The molecule has 3 aromatic carbocycles. The van der Waals surface area contributed by atoms with Crippen LogP contribution in [0.2, 0.25) is 5.02 Å². The van der Waals surface area contributed by atoms with Gasteiger partial charge < -0.3 is 0 Å². The molecule has 1 saturated carbocycles. The number of allylic oxidation sites excluding steroid dienone is 2. The number of rotatable bonds is 3. The molecular formula is C35H26ClN3O4. The third-order valence-corrected chi connectivity index (χ3v) is 11.2. The van der Waals surface area contributed by atoms with Gasteiger partial charge in [-0.3, -0.25) is 19.2 Å². The fraction of sp³-hybridized carbons (Fsp3) is 0.286. The van der Waals surface area contributed by atoms with Gasteiger partial charge in [-0.25, -0.2) is 4.90 Å². The van der Waals surface area contributed by atoms with Crippen LogP contribution in [0.5, 0.6) is 0 Å². The van der Waals surface area contributed by atoms with Crippen LogP contribution in [-0.2, 0) is 24.6 Å². The minimum absolute atomic E-state index is 0.0595. The number of halogens is 1. The van der Waals surface area contributed by atoms with E-state index in [1.54, 1.807) is 24.4 Å². The van der Waals surface area contributed by atoms with Gasteiger partial charge in [-0.2, -0.15) is 10.1 Å². The highest BCUT2D eigenvalue weighted by Gasteiger charge is 2.68. The third-order valence-electron chi connectivity index (χ3n) is 10.9. The molecule has 2 aliphatic heterocycles. The SMILES string of the molecule is Cc1ccc(Cl)cc1N1C(=O)[C@@H]2C3c4ccccc4C(/C=N\N4C(=O)[C@@H]5[C@H](C4=O)[C@H]4C=C[C@H]5C4)(c4ccccc43)[C@H]2C1=O. The summed E-state index contributed by atoms with van der Waals surface area (Å²) in [5.41, 5.74) is 3.72. The normalized spacial score (nSPS) is 34.4. The van der Waals surface area contributed by atoms with E-state index in [9.17, 15) is 19.2 Å². The van der Waals surface area contributed by atoms with Crippen molar-refractivity contribution in [1.82, 2.24) is 5.01 Å². The van der Waals surface area contributed by atoms with Gasteiger partial charge in [-0.05, 0) is 65.1 Å². The van der Waals surface area contributed by atoms with Crippen LogP contribution in [-0.4, -0.2) is 34.9 Å². The molecule has 212 valence electrons. The number of anilines is 1. The monoisotopic (exact) mass is 587 g/mol. The van der Waals surface area contributed by atoms with Crippen molar-refractivity contribution < 1.29 is 19.2 Å². The Morgan fingerprint density at radius 3 is 2.02 bits per heavy atom. The Balaban J connectivity index is 1.25. The molecule has 5 aliphatic carbocycles. The second-order valence-corrected chi connectivity index (χ2v) is 13.1. The van der Waals surface area contributed by atoms with Gasteiger partial charge in [-0.1, -0.05) is 78.4 Å². The largest absolute Gasteiger partial charge is 0.274 e. The van der Waals surface area contributed by atoms with Crippen molar-refractivity contribution in [3.63, 3.8) is 0 Å². The first-order valence-electron chi connectivity index (χ1n) is 14.8. The molecule has 4 amide bonds. The average molecular weight is 588 g/mol. The Morgan fingerprint density at radius 2 is 1.40 bits per heavy atom. The summed E-state index contributed by atoms with van der Waals surface area (Å²) in [6.45, 7) is 1.85. The van der Waals surface area contributed by atoms with E-state index in [0.29, 0.717) is 10.7 Å². The number of hydrogen-bond acceptors (Lipinski definition) is 5. The molecule has 3 aromatic rings. The van der Waals surface area contributed by atoms with Crippen LogP contribution in [0.15, 0.2) is 84.0 Å². The molecule has 3 fully saturated rings. The van der Waals surface area contributed by atoms with Crippen LogP contribution >= 0.6 is 11.6 Å². The summed E-state index contributed by atoms with van der Waals surface area (Å²) in [7, 11) is 0. The second-order valence-electron chi connectivity index (χ2n) is 12.7. The number of benzene rings is 3. The van der Waals surface area contributed by atoms with Crippen LogP contribution < -0.4 is 4.90 Å². The molecule has 2 heterocycles. The zero-order chi connectivity index (χ0) is 29.4. The van der Waals surface area contributed by atoms with Gasteiger partial charge in [0.15, 0.2) is 0 Å². The fourth-order valence-corrected chi connectivity index (χ4v) is 9.43. The number of hydrazone groups is 1. The van der Waals surface area contributed by atoms with Gasteiger partial charge in [0, 0.05) is 17.2 Å². The number of nitrogens with zero attached hydrogens (tertiary/aromatic N) is 3. The van der Waals surface area contributed by atoms with E-state index in [0.717, 1.165) is 39.2 Å². The van der Waals surface area contributed by atoms with Crippen molar-refractivity contribution in [2.45, 2.75) is 24.7 Å². The quantitative estimate of drug-likeness (QED) is 0.245. The van der Waals surface area contributed by atoms with Crippen molar-refractivity contribution in [1.29, 1.82) is 0 Å². The highest BCUT2D eigenvalue weighted by molar-refractivity contribution is 6.32. The van der Waals surface area contributed by atoms with Gasteiger partial charge >= 0.3 is 0 Å². The maximum atomic E-state index is 14.7. The third kappa shape index (κ3) is 2.93. The maximum Gasteiger partial charge on any atom is 0.254 e. The van der Waals surface area contributed by atoms with Crippen LogP contribution in [0.4, 0.5) is 5.69 Å². The molecule has 7 aliphatic rings. The number of aryl methyl sites for hydroxylation is 1. The van der Waals surface area contributed by atoms with Crippen molar-refractivity contribution >= 4 is 47.1 Å². The Morgan fingerprint density at radius 1 is 0.791 bits per heavy atom. The second kappa shape index (κ2) is 8.38. The van der Waals surface area contributed by atoms with E-state index in [2.05, 4.69) is 17.3 Å². The number of hydrogen-bond donors (Lipinski definition) is 0. The van der Waals surface area contributed by atoms with E-state index in [4.69, 9.17) is 11.6 Å². The van der Waals surface area contributed by atoms with Crippen molar-refractivity contribution in [2.24, 2.45) is 40.6 Å². The molecule has 0 spiro atoms. The van der Waals surface area contributed by atoms with E-state index in [1.165, 1.54) is 4.90 Å². The number of imide groups is 2. The minimum Gasteiger partial charge on any atom is -0.274 e. The fourth-order valence-electron chi connectivity index (χ4n) is 9.26.